The molecule has 0 radical (unpaired) electrons. The lowest BCUT2D eigenvalue weighted by Crippen LogP contribution is -2.21. The van der Waals surface area contributed by atoms with Crippen molar-refractivity contribution in [2.24, 2.45) is 0 Å². The Morgan fingerprint density at radius 3 is 2.78 bits per heavy atom. The van der Waals surface area contributed by atoms with Crippen molar-refractivity contribution in [3.63, 3.8) is 0 Å². The van der Waals surface area contributed by atoms with Crippen LogP contribution in [0.3, 0.4) is 0 Å². The van der Waals surface area contributed by atoms with Crippen molar-refractivity contribution in [3.05, 3.63) is 45.1 Å². The minimum Gasteiger partial charge on any atom is -0.484 e. The fourth-order valence-electron chi connectivity index (χ4n) is 1.95. The van der Waals surface area contributed by atoms with Gasteiger partial charge in [-0.3, -0.25) is 4.79 Å². The first-order chi connectivity index (χ1) is 11.0. The maximum Gasteiger partial charge on any atom is 0.262 e. The summed E-state index contributed by atoms with van der Waals surface area (Å²) in [5.74, 6) is 0.610. The summed E-state index contributed by atoms with van der Waals surface area (Å²) in [6.07, 6.45) is 0. The number of rotatable bonds is 4. The second-order valence-electron chi connectivity index (χ2n) is 4.60. The molecule has 0 atom stereocenters. The molecule has 0 aliphatic carbocycles. The SMILES string of the molecule is O=C(COc1ccc2c(c1)OCO2)Nc1c(F)cc(Br)cc1Br. The van der Waals surface area contributed by atoms with E-state index in [9.17, 15) is 9.18 Å². The zero-order valence-corrected chi connectivity index (χ0v) is 14.7. The summed E-state index contributed by atoms with van der Waals surface area (Å²) >= 11 is 6.37. The number of carbonyl (C=O) groups excluding carboxylic acids is 1. The Bertz CT molecular complexity index is 746. The zero-order chi connectivity index (χ0) is 16.4. The van der Waals surface area contributed by atoms with E-state index in [-0.39, 0.29) is 19.1 Å². The molecule has 5 nitrogen and oxygen atoms in total. The van der Waals surface area contributed by atoms with Crippen LogP contribution < -0.4 is 19.5 Å². The maximum atomic E-state index is 13.8. The summed E-state index contributed by atoms with van der Waals surface area (Å²) in [6.45, 7) is -0.0995. The topological polar surface area (TPSA) is 56.8 Å². The van der Waals surface area contributed by atoms with Gasteiger partial charge in [-0.05, 0) is 40.2 Å². The van der Waals surface area contributed by atoms with E-state index >= 15 is 0 Å². The monoisotopic (exact) mass is 445 g/mol. The number of hydrogen-bond donors (Lipinski definition) is 1. The summed E-state index contributed by atoms with van der Waals surface area (Å²) in [6, 6.07) is 7.89. The van der Waals surface area contributed by atoms with Crippen molar-refractivity contribution >= 4 is 43.5 Å². The van der Waals surface area contributed by atoms with Gasteiger partial charge in [-0.1, -0.05) is 15.9 Å². The number of benzene rings is 2. The van der Waals surface area contributed by atoms with Crippen LogP contribution in [0.15, 0.2) is 39.3 Å². The fraction of sp³-hybridized carbons (Fsp3) is 0.133. The average molecular weight is 447 g/mol. The second-order valence-corrected chi connectivity index (χ2v) is 6.37. The number of ether oxygens (including phenoxy) is 3. The van der Waals surface area contributed by atoms with Crippen molar-refractivity contribution < 1.29 is 23.4 Å². The molecule has 0 saturated carbocycles. The van der Waals surface area contributed by atoms with Crippen molar-refractivity contribution in [3.8, 4) is 17.2 Å². The summed E-state index contributed by atoms with van der Waals surface area (Å²) in [5.41, 5.74) is 0.0625. The summed E-state index contributed by atoms with van der Waals surface area (Å²) in [5, 5.41) is 2.47. The average Bonchev–Trinajstić information content (AvgIpc) is 2.96. The first-order valence-electron chi connectivity index (χ1n) is 6.50. The number of nitrogens with one attached hydrogen (secondary N) is 1. The van der Waals surface area contributed by atoms with Crippen LogP contribution in [-0.2, 0) is 4.79 Å². The van der Waals surface area contributed by atoms with Crippen LogP contribution in [-0.4, -0.2) is 19.3 Å². The molecule has 0 spiro atoms. The van der Waals surface area contributed by atoms with Crippen LogP contribution in [0.25, 0.3) is 0 Å². The highest BCUT2D eigenvalue weighted by Crippen LogP contribution is 2.35. The minimum atomic E-state index is -0.553. The third kappa shape index (κ3) is 3.76. The minimum absolute atomic E-state index is 0.0625. The van der Waals surface area contributed by atoms with E-state index in [1.807, 2.05) is 0 Å². The number of halogens is 3. The van der Waals surface area contributed by atoms with Gasteiger partial charge in [-0.2, -0.15) is 0 Å². The molecule has 0 bridgehead atoms. The molecule has 1 aliphatic heterocycles. The Balaban J connectivity index is 1.62. The highest BCUT2D eigenvalue weighted by atomic mass is 79.9. The normalized spacial score (nSPS) is 12.1. The van der Waals surface area contributed by atoms with Gasteiger partial charge in [0.1, 0.15) is 11.6 Å². The molecule has 0 unspecified atom stereocenters. The van der Waals surface area contributed by atoms with Gasteiger partial charge in [0.2, 0.25) is 6.79 Å². The van der Waals surface area contributed by atoms with Gasteiger partial charge in [-0.15, -0.1) is 0 Å². The van der Waals surface area contributed by atoms with Crippen LogP contribution in [0, 0.1) is 5.82 Å². The quantitative estimate of drug-likeness (QED) is 0.768. The number of hydrogen-bond acceptors (Lipinski definition) is 4. The smallest absolute Gasteiger partial charge is 0.262 e. The highest BCUT2D eigenvalue weighted by Gasteiger charge is 2.15. The van der Waals surface area contributed by atoms with E-state index in [1.54, 1.807) is 24.3 Å². The van der Waals surface area contributed by atoms with Crippen LogP contribution in [0.1, 0.15) is 0 Å². The summed E-state index contributed by atoms with van der Waals surface area (Å²) in [4.78, 5) is 11.9. The van der Waals surface area contributed by atoms with Gasteiger partial charge in [0, 0.05) is 15.0 Å². The largest absolute Gasteiger partial charge is 0.484 e. The molecule has 0 saturated heterocycles. The van der Waals surface area contributed by atoms with E-state index in [0.717, 1.165) is 0 Å². The van der Waals surface area contributed by atoms with Crippen LogP contribution in [0.4, 0.5) is 10.1 Å². The Kier molecular flexibility index (Phi) is 4.72. The molecule has 0 fully saturated rings. The third-order valence-electron chi connectivity index (χ3n) is 2.99. The molecule has 0 aromatic heterocycles. The molecular formula is C15H10Br2FNO4. The van der Waals surface area contributed by atoms with Gasteiger partial charge in [0.05, 0.1) is 5.69 Å². The first kappa shape index (κ1) is 16.1. The van der Waals surface area contributed by atoms with E-state index in [4.69, 9.17) is 14.2 Å². The Labute approximate surface area is 148 Å². The molecule has 8 heteroatoms. The van der Waals surface area contributed by atoms with Crippen molar-refractivity contribution in [1.29, 1.82) is 0 Å². The molecule has 2 aromatic rings. The first-order valence-corrected chi connectivity index (χ1v) is 8.08. The van der Waals surface area contributed by atoms with Gasteiger partial charge in [-0.25, -0.2) is 4.39 Å². The summed E-state index contributed by atoms with van der Waals surface area (Å²) in [7, 11) is 0. The Hall–Kier alpha value is -1.80. The number of amides is 1. The van der Waals surface area contributed by atoms with Gasteiger partial charge < -0.3 is 19.5 Å². The Morgan fingerprint density at radius 2 is 2.00 bits per heavy atom. The third-order valence-corrected chi connectivity index (χ3v) is 4.07. The van der Waals surface area contributed by atoms with Gasteiger partial charge in [0.15, 0.2) is 18.1 Å². The van der Waals surface area contributed by atoms with Gasteiger partial charge in [0.25, 0.3) is 5.91 Å². The van der Waals surface area contributed by atoms with Crippen LogP contribution >= 0.6 is 31.9 Å². The number of fused-ring (bicyclic) bond motifs is 1. The van der Waals surface area contributed by atoms with Crippen molar-refractivity contribution in [2.75, 3.05) is 18.7 Å². The molecule has 23 heavy (non-hydrogen) atoms. The lowest BCUT2D eigenvalue weighted by molar-refractivity contribution is -0.118. The lowest BCUT2D eigenvalue weighted by Gasteiger charge is -2.10. The van der Waals surface area contributed by atoms with E-state index in [2.05, 4.69) is 37.2 Å². The fourth-order valence-corrected chi connectivity index (χ4v) is 3.22. The molecule has 3 rings (SSSR count). The predicted octanol–water partition coefficient (Wildman–Crippen LogP) is 4.10. The lowest BCUT2D eigenvalue weighted by atomic mass is 10.3. The molecule has 2 aromatic carbocycles. The summed E-state index contributed by atoms with van der Waals surface area (Å²) < 4.78 is 30.6. The van der Waals surface area contributed by atoms with Crippen molar-refractivity contribution in [2.45, 2.75) is 0 Å². The molecule has 120 valence electrons. The number of carbonyl (C=O) groups is 1. The standard InChI is InChI=1S/C15H10Br2FNO4/c16-8-3-10(17)15(11(18)4-8)19-14(20)6-21-9-1-2-12-13(5-9)23-7-22-12/h1-5H,6-7H2,(H,19,20). The van der Waals surface area contributed by atoms with E-state index in [0.29, 0.717) is 26.2 Å². The van der Waals surface area contributed by atoms with Crippen LogP contribution in [0.5, 0.6) is 17.2 Å². The molecule has 1 N–H and O–H groups in total. The predicted molar refractivity (Wildman–Crippen MR) is 88.5 cm³/mol. The van der Waals surface area contributed by atoms with Gasteiger partial charge >= 0.3 is 0 Å². The molecular weight excluding hydrogens is 437 g/mol. The molecule has 1 amide bonds. The van der Waals surface area contributed by atoms with E-state index < -0.39 is 11.7 Å². The van der Waals surface area contributed by atoms with Crippen LogP contribution in [0.2, 0.25) is 0 Å². The highest BCUT2D eigenvalue weighted by molar-refractivity contribution is 9.11. The molecule has 1 aliphatic rings. The maximum absolute atomic E-state index is 13.8. The zero-order valence-electron chi connectivity index (χ0n) is 11.6. The van der Waals surface area contributed by atoms with E-state index in [1.165, 1.54) is 6.07 Å². The van der Waals surface area contributed by atoms with Crippen molar-refractivity contribution in [1.82, 2.24) is 0 Å². The second kappa shape index (κ2) is 6.76. The molecule has 1 heterocycles. The number of anilines is 1. The Morgan fingerprint density at radius 1 is 1.22 bits per heavy atom.